The maximum Gasteiger partial charge on any atom is 0.306 e. The van der Waals surface area contributed by atoms with E-state index in [1.165, 1.54) is 64.2 Å². The van der Waals surface area contributed by atoms with Gasteiger partial charge in [0.05, 0.1) is 40.3 Å². The van der Waals surface area contributed by atoms with Crippen molar-refractivity contribution in [3.63, 3.8) is 0 Å². The molecular formula is C40H71NO7. The number of nitrogens with zero attached hydrogens (tertiary/aromatic N) is 1. The Balaban J connectivity index is 4.44. The number of esters is 2. The molecule has 0 aliphatic rings. The molecule has 278 valence electrons. The highest BCUT2D eigenvalue weighted by atomic mass is 16.6. The number of rotatable bonds is 33. The third-order valence-electron chi connectivity index (χ3n) is 8.29. The van der Waals surface area contributed by atoms with E-state index >= 15 is 0 Å². The van der Waals surface area contributed by atoms with Crippen LogP contribution in [0.15, 0.2) is 36.5 Å². The number of hydrogen-bond donors (Lipinski definition) is 0. The number of carbonyl (C=O) groups excluding carboxylic acids is 3. The number of likely N-dealkylation sites (N-methyl/N-ethyl adjacent to an activating group) is 1. The molecule has 0 radical (unpaired) electrons. The first-order chi connectivity index (χ1) is 23.1. The standard InChI is InChI=1S/C40H71NO7/c1-6-8-10-12-14-16-17-18-19-20-21-22-23-25-26-28-30-38(42)47-35-36(34-46-33-32-37(40(44)45)41(3,4)5)48-39(43)31-29-27-24-15-13-11-9-7-2/h19-22,24,27,36-37H,6-18,23,25-26,28-35H2,1-5H3/b20-19+,22-21+,27-24+. The second-order valence-electron chi connectivity index (χ2n) is 13.8. The molecule has 0 aromatic carbocycles. The molecule has 0 spiro atoms. The molecule has 0 N–H and O–H groups in total. The number of carboxylic acid groups (broad SMARTS) is 1. The van der Waals surface area contributed by atoms with Crippen molar-refractivity contribution in [2.24, 2.45) is 0 Å². The highest BCUT2D eigenvalue weighted by Gasteiger charge is 2.25. The number of carbonyl (C=O) groups is 3. The van der Waals surface area contributed by atoms with Crippen LogP contribution in [0.5, 0.6) is 0 Å². The lowest BCUT2D eigenvalue weighted by atomic mass is 10.1. The lowest BCUT2D eigenvalue weighted by Gasteiger charge is -2.34. The predicted octanol–water partition coefficient (Wildman–Crippen LogP) is 8.18. The van der Waals surface area contributed by atoms with E-state index in [1.807, 2.05) is 6.08 Å². The zero-order chi connectivity index (χ0) is 35.7. The molecular weight excluding hydrogens is 606 g/mol. The molecule has 2 unspecified atom stereocenters. The Labute approximate surface area is 293 Å². The van der Waals surface area contributed by atoms with Gasteiger partial charge in [0.1, 0.15) is 12.6 Å². The Morgan fingerprint density at radius 3 is 1.73 bits per heavy atom. The Bertz CT molecular complexity index is 891. The molecule has 0 aliphatic carbocycles. The lowest BCUT2D eigenvalue weighted by molar-refractivity contribution is -0.889. The van der Waals surface area contributed by atoms with Crippen molar-refractivity contribution in [3.8, 4) is 0 Å². The van der Waals surface area contributed by atoms with Crippen LogP contribution in [-0.2, 0) is 28.6 Å². The molecule has 0 heterocycles. The van der Waals surface area contributed by atoms with Crippen LogP contribution in [-0.4, -0.2) is 75.5 Å². The van der Waals surface area contributed by atoms with Crippen molar-refractivity contribution in [1.29, 1.82) is 0 Å². The summed E-state index contributed by atoms with van der Waals surface area (Å²) in [5, 5.41) is 11.5. The molecule has 0 saturated heterocycles. The van der Waals surface area contributed by atoms with E-state index in [0.29, 0.717) is 12.8 Å². The van der Waals surface area contributed by atoms with Gasteiger partial charge in [0.25, 0.3) is 0 Å². The van der Waals surface area contributed by atoms with Crippen molar-refractivity contribution in [2.45, 2.75) is 161 Å². The molecule has 0 amide bonds. The van der Waals surface area contributed by atoms with Gasteiger partial charge in [-0.05, 0) is 51.4 Å². The minimum Gasteiger partial charge on any atom is -0.544 e. The SMILES string of the molecule is CCCCCC/C=C/CCC(=O)OC(COCCC(C(=O)[O-])[N+](C)(C)C)COC(=O)CCCCC/C=C/C=C/CCCCCCCCC. The molecule has 0 aromatic heterocycles. The summed E-state index contributed by atoms with van der Waals surface area (Å²) < 4.78 is 16.9. The summed E-state index contributed by atoms with van der Waals surface area (Å²) in [5.74, 6) is -1.84. The number of aliphatic carboxylic acids is 1. The summed E-state index contributed by atoms with van der Waals surface area (Å²) in [5.41, 5.74) is 0. The molecule has 0 fully saturated rings. The molecule has 0 rings (SSSR count). The fraction of sp³-hybridized carbons (Fsp3) is 0.775. The van der Waals surface area contributed by atoms with Gasteiger partial charge in [-0.2, -0.15) is 0 Å². The van der Waals surface area contributed by atoms with Crippen molar-refractivity contribution >= 4 is 17.9 Å². The Hall–Kier alpha value is -2.45. The highest BCUT2D eigenvalue weighted by molar-refractivity contribution is 5.70. The van der Waals surface area contributed by atoms with Crippen LogP contribution in [0.2, 0.25) is 0 Å². The summed E-state index contributed by atoms with van der Waals surface area (Å²) in [7, 11) is 5.37. The van der Waals surface area contributed by atoms with Crippen LogP contribution >= 0.6 is 0 Å². The largest absolute Gasteiger partial charge is 0.544 e. The molecule has 8 nitrogen and oxygen atoms in total. The quantitative estimate of drug-likeness (QED) is 0.0227. The molecule has 8 heteroatoms. The summed E-state index contributed by atoms with van der Waals surface area (Å²) >= 11 is 0. The summed E-state index contributed by atoms with van der Waals surface area (Å²) in [6.07, 6.45) is 33.4. The van der Waals surface area contributed by atoms with Crippen molar-refractivity contribution in [3.05, 3.63) is 36.5 Å². The zero-order valence-corrected chi connectivity index (χ0v) is 31.4. The van der Waals surface area contributed by atoms with Crippen LogP contribution in [0.3, 0.4) is 0 Å². The van der Waals surface area contributed by atoms with Crippen molar-refractivity contribution < 1.29 is 38.2 Å². The van der Waals surface area contributed by atoms with E-state index in [-0.39, 0.29) is 49.1 Å². The Morgan fingerprint density at radius 2 is 1.15 bits per heavy atom. The summed E-state index contributed by atoms with van der Waals surface area (Å²) in [6, 6.07) is -0.732. The maximum atomic E-state index is 12.5. The minimum atomic E-state index is -1.14. The Kier molecular flexibility index (Phi) is 30.2. The first-order valence-electron chi connectivity index (χ1n) is 19.0. The molecule has 0 saturated carbocycles. The van der Waals surface area contributed by atoms with Gasteiger partial charge in [-0.25, -0.2) is 0 Å². The molecule has 2 atom stereocenters. The second kappa shape index (κ2) is 31.8. The Morgan fingerprint density at radius 1 is 0.625 bits per heavy atom. The van der Waals surface area contributed by atoms with Gasteiger partial charge in [0.15, 0.2) is 6.10 Å². The number of unbranched alkanes of at least 4 members (excludes halogenated alkanes) is 14. The summed E-state index contributed by atoms with van der Waals surface area (Å²) in [4.78, 5) is 36.5. The van der Waals surface area contributed by atoms with Crippen molar-refractivity contribution in [1.82, 2.24) is 0 Å². The fourth-order valence-electron chi connectivity index (χ4n) is 5.25. The monoisotopic (exact) mass is 678 g/mol. The number of ether oxygens (including phenoxy) is 3. The first-order valence-corrected chi connectivity index (χ1v) is 19.0. The number of carboxylic acids is 1. The predicted molar refractivity (Wildman–Crippen MR) is 194 cm³/mol. The van der Waals surface area contributed by atoms with Gasteiger partial charge in [0.2, 0.25) is 0 Å². The minimum absolute atomic E-state index is 0.0169. The van der Waals surface area contributed by atoms with Crippen LogP contribution in [0.4, 0.5) is 0 Å². The van der Waals surface area contributed by atoms with Crippen LogP contribution < -0.4 is 5.11 Å². The van der Waals surface area contributed by atoms with Gasteiger partial charge in [0, 0.05) is 19.3 Å². The van der Waals surface area contributed by atoms with E-state index in [4.69, 9.17) is 14.2 Å². The molecule has 48 heavy (non-hydrogen) atoms. The average Bonchev–Trinajstić information content (AvgIpc) is 3.03. The smallest absolute Gasteiger partial charge is 0.306 e. The summed E-state index contributed by atoms with van der Waals surface area (Å²) in [6.45, 7) is 4.52. The number of allylic oxidation sites excluding steroid dienone is 6. The highest BCUT2D eigenvalue weighted by Crippen LogP contribution is 2.11. The van der Waals surface area contributed by atoms with Crippen LogP contribution in [0.25, 0.3) is 0 Å². The maximum absolute atomic E-state index is 12.5. The van der Waals surface area contributed by atoms with Crippen LogP contribution in [0, 0.1) is 0 Å². The first kappa shape index (κ1) is 45.6. The molecule has 0 bridgehead atoms. The van der Waals surface area contributed by atoms with Gasteiger partial charge < -0.3 is 28.6 Å². The number of hydrogen-bond acceptors (Lipinski definition) is 7. The van der Waals surface area contributed by atoms with Gasteiger partial charge in [-0.3, -0.25) is 9.59 Å². The van der Waals surface area contributed by atoms with E-state index in [0.717, 1.165) is 44.9 Å². The van der Waals surface area contributed by atoms with Gasteiger partial charge in [-0.15, -0.1) is 0 Å². The lowest BCUT2D eigenvalue weighted by Crippen LogP contribution is -2.55. The van der Waals surface area contributed by atoms with Crippen molar-refractivity contribution in [2.75, 3.05) is 41.0 Å². The van der Waals surface area contributed by atoms with E-state index in [9.17, 15) is 19.5 Å². The van der Waals surface area contributed by atoms with Gasteiger partial charge in [-0.1, -0.05) is 115 Å². The third kappa shape index (κ3) is 29.7. The topological polar surface area (TPSA) is 102 Å². The molecule has 0 aromatic rings. The third-order valence-corrected chi connectivity index (χ3v) is 8.29. The second-order valence-corrected chi connectivity index (χ2v) is 13.8. The van der Waals surface area contributed by atoms with Crippen LogP contribution in [0.1, 0.15) is 149 Å². The van der Waals surface area contributed by atoms with E-state index in [2.05, 4.69) is 44.2 Å². The normalized spacial score (nSPS) is 13.4. The van der Waals surface area contributed by atoms with Gasteiger partial charge >= 0.3 is 11.9 Å². The van der Waals surface area contributed by atoms with E-state index < -0.39 is 18.1 Å². The fourth-order valence-corrected chi connectivity index (χ4v) is 5.25. The van der Waals surface area contributed by atoms with E-state index in [1.54, 1.807) is 21.1 Å². The average molecular weight is 678 g/mol. The molecule has 0 aliphatic heterocycles. The number of quaternary nitrogens is 1. The zero-order valence-electron chi connectivity index (χ0n) is 31.4.